The van der Waals surface area contributed by atoms with Crippen LogP contribution in [0.2, 0.25) is 0 Å². The molecule has 0 spiro atoms. The Bertz CT molecular complexity index is 2630. The lowest BCUT2D eigenvalue weighted by Crippen LogP contribution is -2.55. The number of piperazine rings is 1. The quantitative estimate of drug-likeness (QED) is 0.0570. The monoisotopic (exact) mass is 1080 g/mol. The molecule has 0 aliphatic carbocycles. The number of aromatic nitrogens is 4. The minimum Gasteiger partial charge on any atom is -0.415 e. The fraction of sp³-hybridized carbons (Fsp3) is 0.412. The third-order valence-electron chi connectivity index (χ3n) is 11.7. The molecule has 0 bridgehead atoms. The highest BCUT2D eigenvalue weighted by Gasteiger charge is 2.25. The summed E-state index contributed by atoms with van der Waals surface area (Å²) in [6.45, 7) is 12.1. The number of halogens is 7. The van der Waals surface area contributed by atoms with Crippen LogP contribution in [0.3, 0.4) is 0 Å². The summed E-state index contributed by atoms with van der Waals surface area (Å²) in [4.78, 5) is 30.8. The third-order valence-corrected chi connectivity index (χ3v) is 12.1. The Labute approximate surface area is 428 Å². The van der Waals surface area contributed by atoms with Crippen molar-refractivity contribution < 1.29 is 44.8 Å². The number of carbonyl (C=O) groups is 2. The van der Waals surface area contributed by atoms with Crippen LogP contribution in [0.4, 0.5) is 47.3 Å². The summed E-state index contributed by atoms with van der Waals surface area (Å²) in [6.07, 6.45) is -1.67. The van der Waals surface area contributed by atoms with Gasteiger partial charge in [-0.1, -0.05) is 70.9 Å². The molecule has 392 valence electrons. The molecule has 2 aliphatic rings. The lowest BCUT2D eigenvalue weighted by molar-refractivity contribution is 0.115. The predicted molar refractivity (Wildman–Crippen MR) is 270 cm³/mol. The van der Waals surface area contributed by atoms with Crippen molar-refractivity contribution in [3.05, 3.63) is 132 Å². The first-order valence-corrected chi connectivity index (χ1v) is 25.0. The zero-order chi connectivity index (χ0) is 52.4. The number of benzene rings is 4. The normalized spacial score (nSPS) is 17.8. The summed E-state index contributed by atoms with van der Waals surface area (Å²) in [5, 5.41) is 26.8. The minimum absolute atomic E-state index is 0.0314. The summed E-state index contributed by atoms with van der Waals surface area (Å²) in [7, 11) is 0. The number of alkyl halides is 5. The fourth-order valence-electron chi connectivity index (χ4n) is 8.28. The number of urea groups is 2. The van der Waals surface area contributed by atoms with E-state index in [1.54, 1.807) is 48.5 Å². The number of anilines is 2. The molecule has 4 amide bonds. The zero-order valence-electron chi connectivity index (χ0n) is 40.9. The third kappa shape index (κ3) is 16.8. The molecular formula is C51H60BrF6N11O4. The molecule has 4 aromatic carbocycles. The molecule has 22 heteroatoms. The zero-order valence-corrected chi connectivity index (χ0v) is 42.5. The van der Waals surface area contributed by atoms with E-state index in [0.717, 1.165) is 37.3 Å². The molecule has 73 heavy (non-hydrogen) atoms. The largest absolute Gasteiger partial charge is 0.415 e. The van der Waals surface area contributed by atoms with Gasteiger partial charge in [-0.15, -0.1) is 20.4 Å². The van der Waals surface area contributed by atoms with Crippen LogP contribution in [-0.2, 0) is 13.1 Å². The molecule has 2 saturated heterocycles. The van der Waals surface area contributed by atoms with Crippen LogP contribution in [0, 0.1) is 11.6 Å². The summed E-state index contributed by atoms with van der Waals surface area (Å²) in [5.74, 6) is -3.32. The number of nitrogens with one attached hydrogen (secondary N) is 4. The van der Waals surface area contributed by atoms with Gasteiger partial charge in [0.05, 0.1) is 13.1 Å². The van der Waals surface area contributed by atoms with Gasteiger partial charge < -0.3 is 30.1 Å². The molecule has 8 rings (SSSR count). The molecule has 2 aromatic heterocycles. The van der Waals surface area contributed by atoms with Crippen LogP contribution in [0.25, 0.3) is 22.9 Å². The SMILES string of the molecule is C[C@@H]1CCC[C@H](C)N1.C[C@@H]1CN(CCNC(=O)N(Cc2ccc(-c3nnc(C(F)F)o3)cc2F)c2ccccc2)C[C@H](C)N1.O=C(NCCBr)N(Cc1ccc(-c2nnc(C(F)F)o2)cc1F)c1ccccc1. The van der Waals surface area contributed by atoms with Crippen molar-refractivity contribution in [1.29, 1.82) is 0 Å². The highest BCUT2D eigenvalue weighted by atomic mass is 79.9. The Kier molecular flexibility index (Phi) is 21.2. The van der Waals surface area contributed by atoms with Gasteiger partial charge in [0.25, 0.3) is 11.8 Å². The van der Waals surface area contributed by atoms with Crippen molar-refractivity contribution in [2.75, 3.05) is 47.9 Å². The second-order valence-corrected chi connectivity index (χ2v) is 18.5. The van der Waals surface area contributed by atoms with E-state index in [2.05, 4.69) is 90.2 Å². The number of carbonyl (C=O) groups excluding carboxylic acids is 2. The molecule has 0 radical (unpaired) electrons. The standard InChI is InChI=1S/C25H29F3N6O2.C19H16BrF3N4O2.C7H15N/c1-16-13-33(14-17(2)30-16)11-10-29-25(35)34(20-6-4-3-5-7-20)15-19-9-8-18(12-21(19)26)23-31-32-24(36-23)22(27)28;20-8-9-24-19(28)27(14-4-2-1-3-5-14)11-13-7-6-12(10-15(13)21)17-25-26-18(29-17)16(22)23;1-6-4-3-5-7(2)8-6/h3-9,12,16-17,22,30H,10-11,13-15H2,1-2H3,(H,29,35);1-7,10,16H,8-9,11H2,(H,24,28);6-8H,3-5H2,1-2H3/t16-,17+;;6-,7+. The Morgan fingerprint density at radius 1 is 0.644 bits per heavy atom. The van der Waals surface area contributed by atoms with E-state index in [9.17, 15) is 35.9 Å². The number of amides is 4. The van der Waals surface area contributed by atoms with E-state index in [-0.39, 0.29) is 59.2 Å². The highest BCUT2D eigenvalue weighted by Crippen LogP contribution is 2.28. The number of rotatable bonds is 15. The average Bonchev–Trinajstić information content (AvgIpc) is 4.08. The first kappa shape index (κ1) is 55.9. The van der Waals surface area contributed by atoms with Gasteiger partial charge in [-0.3, -0.25) is 14.7 Å². The molecule has 6 aromatic rings. The maximum atomic E-state index is 15.0. The van der Waals surface area contributed by atoms with Crippen molar-refractivity contribution in [2.45, 2.75) is 97.1 Å². The first-order chi connectivity index (χ1) is 35.1. The fourth-order valence-corrected chi connectivity index (χ4v) is 8.48. The lowest BCUT2D eigenvalue weighted by Gasteiger charge is -2.36. The van der Waals surface area contributed by atoms with E-state index in [1.165, 1.54) is 53.3 Å². The number of nitrogens with zero attached hydrogens (tertiary/aromatic N) is 7. The van der Waals surface area contributed by atoms with Gasteiger partial charge >= 0.3 is 24.9 Å². The van der Waals surface area contributed by atoms with Gasteiger partial charge in [-0.2, -0.15) is 17.6 Å². The van der Waals surface area contributed by atoms with Crippen LogP contribution in [0.5, 0.6) is 0 Å². The minimum atomic E-state index is -2.91. The van der Waals surface area contributed by atoms with E-state index in [0.29, 0.717) is 48.4 Å². The van der Waals surface area contributed by atoms with Crippen molar-refractivity contribution in [2.24, 2.45) is 0 Å². The topological polar surface area (TPSA) is 170 Å². The maximum absolute atomic E-state index is 15.0. The number of piperidine rings is 1. The van der Waals surface area contributed by atoms with Crippen LogP contribution in [0.1, 0.15) is 82.7 Å². The highest BCUT2D eigenvalue weighted by molar-refractivity contribution is 9.09. The van der Waals surface area contributed by atoms with Crippen LogP contribution in [-0.4, -0.2) is 99.6 Å². The second-order valence-electron chi connectivity index (χ2n) is 17.7. The second kappa shape index (κ2) is 27.6. The van der Waals surface area contributed by atoms with Crippen LogP contribution in [0.15, 0.2) is 106 Å². The molecule has 4 heterocycles. The number of hydrogen-bond donors (Lipinski definition) is 4. The molecule has 2 aliphatic heterocycles. The van der Waals surface area contributed by atoms with E-state index >= 15 is 0 Å². The molecular weight excluding hydrogens is 1020 g/mol. The van der Waals surface area contributed by atoms with Crippen LogP contribution < -0.4 is 31.1 Å². The van der Waals surface area contributed by atoms with Gasteiger partial charge in [0.1, 0.15) is 11.6 Å². The Morgan fingerprint density at radius 3 is 1.44 bits per heavy atom. The number of hydrogen-bond acceptors (Lipinski definition) is 11. The van der Waals surface area contributed by atoms with Crippen molar-refractivity contribution >= 4 is 39.4 Å². The summed E-state index contributed by atoms with van der Waals surface area (Å²) >= 11 is 3.24. The van der Waals surface area contributed by atoms with Gasteiger partial charge in [0.15, 0.2) is 0 Å². The van der Waals surface area contributed by atoms with Crippen molar-refractivity contribution in [1.82, 2.24) is 46.6 Å². The summed E-state index contributed by atoms with van der Waals surface area (Å²) in [6, 6.07) is 27.5. The van der Waals surface area contributed by atoms with Crippen LogP contribution >= 0.6 is 15.9 Å². The predicted octanol–water partition coefficient (Wildman–Crippen LogP) is 10.7. The van der Waals surface area contributed by atoms with E-state index in [4.69, 9.17) is 8.83 Å². The van der Waals surface area contributed by atoms with E-state index < -0.39 is 36.3 Å². The van der Waals surface area contributed by atoms with E-state index in [1.807, 2.05) is 12.1 Å². The van der Waals surface area contributed by atoms with Gasteiger partial charge in [0, 0.05) is 95.8 Å². The lowest BCUT2D eigenvalue weighted by atomic mass is 10.0. The smallest absolute Gasteiger partial charge is 0.322 e. The average molecular weight is 1090 g/mol. The first-order valence-electron chi connectivity index (χ1n) is 23.9. The van der Waals surface area contributed by atoms with Gasteiger partial charge in [0.2, 0.25) is 11.8 Å². The summed E-state index contributed by atoms with van der Waals surface area (Å²) < 4.78 is 90.1. The molecule has 0 saturated carbocycles. The van der Waals surface area contributed by atoms with Gasteiger partial charge in [-0.05, 0) is 89.1 Å². The Hall–Kier alpha value is -6.36. The van der Waals surface area contributed by atoms with Crippen molar-refractivity contribution in [3.63, 3.8) is 0 Å². The molecule has 0 unspecified atom stereocenters. The Balaban J connectivity index is 0.000000210. The maximum Gasteiger partial charge on any atom is 0.322 e. The van der Waals surface area contributed by atoms with Crippen molar-refractivity contribution in [3.8, 4) is 22.9 Å². The number of para-hydroxylation sites is 2. The molecule has 4 atom stereocenters. The molecule has 2 fully saturated rings. The van der Waals surface area contributed by atoms with Gasteiger partial charge in [-0.25, -0.2) is 18.4 Å². The molecule has 15 nitrogen and oxygen atoms in total. The molecule has 4 N–H and O–H groups in total. The summed E-state index contributed by atoms with van der Waals surface area (Å²) in [5.41, 5.74) is 2.03. The Morgan fingerprint density at radius 2 is 1.07 bits per heavy atom.